The maximum Gasteiger partial charge on any atom is 0.257 e. The van der Waals surface area contributed by atoms with Gasteiger partial charge in [0.25, 0.3) is 11.0 Å². The average molecular weight is 255 g/mol. The molecule has 1 aliphatic rings. The smallest absolute Gasteiger partial charge is 0.257 e. The summed E-state index contributed by atoms with van der Waals surface area (Å²) in [6, 6.07) is 8.39. The average Bonchev–Trinajstić information content (AvgIpc) is 2.34. The molecule has 0 unspecified atom stereocenters. The van der Waals surface area contributed by atoms with Crippen LogP contribution in [0.4, 0.5) is 5.69 Å². The molecule has 0 bridgehead atoms. The van der Waals surface area contributed by atoms with Crippen molar-refractivity contribution in [3.63, 3.8) is 0 Å². The summed E-state index contributed by atoms with van der Waals surface area (Å²) in [7, 11) is -2.70. The molecule has 0 aliphatic carbocycles. The first-order chi connectivity index (χ1) is 8.27. The molecule has 1 aliphatic heterocycles. The quantitative estimate of drug-likeness (QED) is 0.637. The number of rotatable bonds is 5. The van der Waals surface area contributed by atoms with Crippen LogP contribution in [0, 0.1) is 0 Å². The van der Waals surface area contributed by atoms with Crippen LogP contribution in [-0.4, -0.2) is 28.1 Å². The second kappa shape index (κ2) is 6.02. The van der Waals surface area contributed by atoms with Crippen molar-refractivity contribution in [3.8, 4) is 0 Å². The zero-order chi connectivity index (χ0) is 12.1. The van der Waals surface area contributed by atoms with E-state index in [1.807, 2.05) is 6.07 Å². The van der Waals surface area contributed by atoms with Crippen LogP contribution in [0.1, 0.15) is 18.4 Å². The number of benzene rings is 1. The fourth-order valence-electron chi connectivity index (χ4n) is 2.24. The van der Waals surface area contributed by atoms with E-state index in [0.717, 1.165) is 32.4 Å². The fraction of sp³-hybridized carbons (Fsp3) is 0.500. The van der Waals surface area contributed by atoms with Gasteiger partial charge in [-0.25, -0.2) is 8.42 Å². The summed E-state index contributed by atoms with van der Waals surface area (Å²) in [5.74, 6) is 0. The lowest BCUT2D eigenvalue weighted by molar-refractivity contribution is 0.327. The van der Waals surface area contributed by atoms with E-state index in [1.54, 1.807) is 0 Å². The molecule has 1 heterocycles. The lowest BCUT2D eigenvalue weighted by Gasteiger charge is -2.31. The molecule has 0 radical (unpaired) electrons. The molecule has 0 saturated carbocycles. The maximum atomic E-state index is 10.3. The highest BCUT2D eigenvalue weighted by atomic mass is 32.2. The van der Waals surface area contributed by atoms with E-state index in [9.17, 15) is 8.42 Å². The molecule has 2 rings (SSSR count). The SMILES string of the molecule is O=[SH](=O)OCCCN1CCCc2ccccc21. The van der Waals surface area contributed by atoms with Crippen LogP contribution in [0.2, 0.25) is 0 Å². The van der Waals surface area contributed by atoms with Crippen LogP contribution in [-0.2, 0) is 21.6 Å². The van der Waals surface area contributed by atoms with E-state index in [-0.39, 0.29) is 6.61 Å². The van der Waals surface area contributed by atoms with Crippen LogP contribution in [0.15, 0.2) is 24.3 Å². The van der Waals surface area contributed by atoms with Crippen LogP contribution in [0.3, 0.4) is 0 Å². The Morgan fingerprint density at radius 3 is 2.94 bits per heavy atom. The number of aryl methyl sites for hydroxylation is 1. The molecule has 17 heavy (non-hydrogen) atoms. The Bertz CT molecular complexity index is 437. The van der Waals surface area contributed by atoms with Gasteiger partial charge in [-0.1, -0.05) is 18.2 Å². The Morgan fingerprint density at radius 2 is 2.12 bits per heavy atom. The van der Waals surface area contributed by atoms with Gasteiger partial charge in [-0.3, -0.25) is 4.18 Å². The zero-order valence-corrected chi connectivity index (χ0v) is 10.6. The van der Waals surface area contributed by atoms with Crippen molar-refractivity contribution in [1.82, 2.24) is 0 Å². The topological polar surface area (TPSA) is 46.6 Å². The Balaban J connectivity index is 1.90. The van der Waals surface area contributed by atoms with Crippen molar-refractivity contribution in [2.24, 2.45) is 0 Å². The second-order valence-electron chi connectivity index (χ2n) is 4.13. The number of anilines is 1. The van der Waals surface area contributed by atoms with Crippen molar-refractivity contribution >= 4 is 16.7 Å². The predicted octanol–water partition coefficient (Wildman–Crippen LogP) is 1.37. The fourth-order valence-corrected chi connectivity index (χ4v) is 2.52. The number of hydrogen-bond acceptors (Lipinski definition) is 4. The van der Waals surface area contributed by atoms with Gasteiger partial charge in [0.15, 0.2) is 0 Å². The molecule has 0 atom stereocenters. The van der Waals surface area contributed by atoms with Gasteiger partial charge in [-0.2, -0.15) is 0 Å². The van der Waals surface area contributed by atoms with Gasteiger partial charge >= 0.3 is 0 Å². The Hall–Kier alpha value is -1.07. The third kappa shape index (κ3) is 3.44. The first-order valence-corrected chi connectivity index (χ1v) is 6.97. The summed E-state index contributed by atoms with van der Waals surface area (Å²) in [6.45, 7) is 2.16. The van der Waals surface area contributed by atoms with Gasteiger partial charge in [0.1, 0.15) is 0 Å². The van der Waals surface area contributed by atoms with Crippen LogP contribution in [0.25, 0.3) is 0 Å². The summed E-state index contributed by atoms with van der Waals surface area (Å²) in [4.78, 5) is 2.31. The van der Waals surface area contributed by atoms with Crippen molar-refractivity contribution in [2.45, 2.75) is 19.3 Å². The first-order valence-electron chi connectivity index (χ1n) is 5.87. The van der Waals surface area contributed by atoms with E-state index in [1.165, 1.54) is 11.3 Å². The molecule has 1 aromatic rings. The molecule has 0 N–H and O–H groups in total. The Kier molecular flexibility index (Phi) is 4.39. The van der Waals surface area contributed by atoms with E-state index < -0.39 is 11.0 Å². The van der Waals surface area contributed by atoms with Crippen molar-refractivity contribution in [2.75, 3.05) is 24.6 Å². The normalized spacial score (nSPS) is 15.0. The lowest BCUT2D eigenvalue weighted by atomic mass is 10.0. The number of para-hydroxylation sites is 1. The molecule has 94 valence electrons. The van der Waals surface area contributed by atoms with E-state index in [0.29, 0.717) is 0 Å². The molecule has 0 aromatic heterocycles. The van der Waals surface area contributed by atoms with E-state index in [2.05, 4.69) is 27.3 Å². The summed E-state index contributed by atoms with van der Waals surface area (Å²) in [5.41, 5.74) is 2.67. The van der Waals surface area contributed by atoms with Gasteiger partial charge in [-0.15, -0.1) is 0 Å². The van der Waals surface area contributed by atoms with Crippen molar-refractivity contribution in [1.29, 1.82) is 0 Å². The number of nitrogens with zero attached hydrogens (tertiary/aromatic N) is 1. The molecule has 1 aromatic carbocycles. The second-order valence-corrected chi connectivity index (χ2v) is 4.84. The molecule has 0 amide bonds. The molecule has 5 heteroatoms. The minimum absolute atomic E-state index is 0.275. The van der Waals surface area contributed by atoms with Gasteiger partial charge in [0.2, 0.25) is 0 Å². The number of fused-ring (bicyclic) bond motifs is 1. The van der Waals surface area contributed by atoms with E-state index in [4.69, 9.17) is 0 Å². The van der Waals surface area contributed by atoms with Crippen LogP contribution >= 0.6 is 0 Å². The number of hydrogen-bond donors (Lipinski definition) is 1. The maximum absolute atomic E-state index is 10.3. The van der Waals surface area contributed by atoms with Crippen molar-refractivity contribution < 1.29 is 12.6 Å². The largest absolute Gasteiger partial charge is 0.371 e. The lowest BCUT2D eigenvalue weighted by Crippen LogP contribution is -2.30. The molecule has 0 saturated heterocycles. The van der Waals surface area contributed by atoms with Gasteiger partial charge in [0.05, 0.1) is 6.61 Å². The summed E-state index contributed by atoms with van der Waals surface area (Å²) in [6.07, 6.45) is 3.03. The first kappa shape index (κ1) is 12.4. The predicted molar refractivity (Wildman–Crippen MR) is 67.9 cm³/mol. The monoisotopic (exact) mass is 255 g/mol. The number of thiol groups is 1. The highest BCUT2D eigenvalue weighted by molar-refractivity contribution is 7.67. The highest BCUT2D eigenvalue weighted by Gasteiger charge is 2.15. The Labute approximate surface area is 103 Å². The van der Waals surface area contributed by atoms with Gasteiger partial charge in [-0.05, 0) is 30.9 Å². The molecule has 0 fully saturated rings. The zero-order valence-electron chi connectivity index (χ0n) is 9.67. The van der Waals surface area contributed by atoms with Gasteiger partial charge < -0.3 is 4.90 Å². The molecule has 4 nitrogen and oxygen atoms in total. The minimum Gasteiger partial charge on any atom is -0.371 e. The standard InChI is InChI=1S/C12H17NO3S/c14-17(15)16-10-4-9-13-8-3-6-11-5-1-2-7-12(11)13/h1-2,5,7,17H,3-4,6,8-10H2. The van der Waals surface area contributed by atoms with E-state index >= 15 is 0 Å². The highest BCUT2D eigenvalue weighted by Crippen LogP contribution is 2.26. The van der Waals surface area contributed by atoms with Crippen molar-refractivity contribution in [3.05, 3.63) is 29.8 Å². The minimum atomic E-state index is -2.70. The van der Waals surface area contributed by atoms with Gasteiger partial charge in [0, 0.05) is 18.8 Å². The summed E-state index contributed by atoms with van der Waals surface area (Å²) >= 11 is 0. The summed E-state index contributed by atoms with van der Waals surface area (Å²) < 4.78 is 25.0. The third-order valence-corrected chi connectivity index (χ3v) is 3.37. The molecular formula is C12H17NO3S. The third-order valence-electron chi connectivity index (χ3n) is 2.98. The molecule has 0 spiro atoms. The molecular weight excluding hydrogens is 238 g/mol. The van der Waals surface area contributed by atoms with Crippen LogP contribution < -0.4 is 4.90 Å². The Morgan fingerprint density at radius 1 is 1.29 bits per heavy atom. The summed E-state index contributed by atoms with van der Waals surface area (Å²) in [5, 5.41) is 0. The van der Waals surface area contributed by atoms with Crippen LogP contribution in [0.5, 0.6) is 0 Å².